The van der Waals surface area contributed by atoms with Crippen LogP contribution in [0, 0.1) is 0 Å². The van der Waals surface area contributed by atoms with Crippen LogP contribution in [0.4, 0.5) is 16.2 Å². The molecule has 2 amide bonds. The Morgan fingerprint density at radius 1 is 1.07 bits per heavy atom. The molecule has 1 saturated heterocycles. The molecule has 0 bridgehead atoms. The minimum atomic E-state index is -0.195. The molecule has 2 aromatic rings. The van der Waals surface area contributed by atoms with Crippen molar-refractivity contribution >= 4 is 17.4 Å². The molecule has 1 atom stereocenters. The van der Waals surface area contributed by atoms with Crippen molar-refractivity contribution in [1.82, 2.24) is 10.2 Å². The summed E-state index contributed by atoms with van der Waals surface area (Å²) in [5.41, 5.74) is 3.15. The summed E-state index contributed by atoms with van der Waals surface area (Å²) in [6.45, 7) is 2.72. The van der Waals surface area contributed by atoms with Gasteiger partial charge in [0.05, 0.1) is 13.2 Å². The first-order valence-corrected chi connectivity index (χ1v) is 9.77. The van der Waals surface area contributed by atoms with Gasteiger partial charge >= 0.3 is 6.03 Å². The molecule has 1 fully saturated rings. The fraction of sp³-hybridized carbons (Fsp3) is 0.409. The Balaban J connectivity index is 1.63. The maximum Gasteiger partial charge on any atom is 0.319 e. The van der Waals surface area contributed by atoms with Crippen molar-refractivity contribution in [3.63, 3.8) is 0 Å². The van der Waals surface area contributed by atoms with Gasteiger partial charge in [0.15, 0.2) is 0 Å². The summed E-state index contributed by atoms with van der Waals surface area (Å²) in [6, 6.07) is 15.9. The molecule has 6 nitrogen and oxygen atoms in total. The van der Waals surface area contributed by atoms with Gasteiger partial charge in [-0.15, -0.1) is 0 Å². The number of rotatable bonds is 7. The first kappa shape index (κ1) is 20.0. The number of ether oxygens (including phenoxy) is 1. The van der Waals surface area contributed by atoms with Crippen molar-refractivity contribution in [3.8, 4) is 5.75 Å². The minimum absolute atomic E-state index is 0.181. The number of carbonyl (C=O) groups excluding carboxylic acids is 1. The molecule has 28 heavy (non-hydrogen) atoms. The van der Waals surface area contributed by atoms with E-state index in [1.165, 1.54) is 24.1 Å². The molecule has 0 spiro atoms. The van der Waals surface area contributed by atoms with Crippen molar-refractivity contribution in [2.24, 2.45) is 0 Å². The molecular weight excluding hydrogens is 352 g/mol. The third-order valence-corrected chi connectivity index (χ3v) is 5.18. The number of nitrogens with zero attached hydrogens (tertiary/aromatic N) is 2. The number of urea groups is 1. The first-order valence-electron chi connectivity index (χ1n) is 9.77. The van der Waals surface area contributed by atoms with E-state index in [1.54, 1.807) is 7.11 Å². The predicted octanol–water partition coefficient (Wildman–Crippen LogP) is 3.72. The summed E-state index contributed by atoms with van der Waals surface area (Å²) in [5.74, 6) is 0.765. The van der Waals surface area contributed by atoms with Gasteiger partial charge in [0.2, 0.25) is 0 Å². The highest BCUT2D eigenvalue weighted by Gasteiger charge is 2.24. The average Bonchev–Trinajstić information content (AvgIpc) is 3.23. The Kier molecular flexibility index (Phi) is 6.76. The number of carbonyl (C=O) groups is 1. The Morgan fingerprint density at radius 3 is 2.29 bits per heavy atom. The number of hydrogen-bond acceptors (Lipinski definition) is 4. The number of likely N-dealkylation sites (tertiary alicyclic amines) is 1. The monoisotopic (exact) mass is 382 g/mol. The Morgan fingerprint density at radius 2 is 1.71 bits per heavy atom. The zero-order valence-corrected chi connectivity index (χ0v) is 16.9. The lowest BCUT2D eigenvalue weighted by molar-refractivity contribution is 0.227. The zero-order valence-electron chi connectivity index (χ0n) is 16.9. The van der Waals surface area contributed by atoms with Gasteiger partial charge < -0.3 is 20.3 Å². The molecule has 1 unspecified atom stereocenters. The largest absolute Gasteiger partial charge is 0.497 e. The van der Waals surface area contributed by atoms with Crippen LogP contribution in [0.3, 0.4) is 0 Å². The third-order valence-electron chi connectivity index (χ3n) is 5.18. The summed E-state index contributed by atoms with van der Waals surface area (Å²) in [5, 5.41) is 5.92. The normalized spacial score (nSPS) is 15.1. The molecule has 6 heteroatoms. The van der Waals surface area contributed by atoms with E-state index < -0.39 is 0 Å². The average molecular weight is 383 g/mol. The quantitative estimate of drug-likeness (QED) is 0.766. The highest BCUT2D eigenvalue weighted by molar-refractivity contribution is 5.89. The number of amides is 2. The van der Waals surface area contributed by atoms with E-state index in [9.17, 15) is 4.79 Å². The number of hydrogen-bond donors (Lipinski definition) is 2. The second kappa shape index (κ2) is 9.46. The van der Waals surface area contributed by atoms with E-state index in [4.69, 9.17) is 4.74 Å². The van der Waals surface area contributed by atoms with Crippen LogP contribution in [0.5, 0.6) is 5.75 Å². The highest BCUT2D eigenvalue weighted by atomic mass is 16.5. The van der Waals surface area contributed by atoms with Crippen molar-refractivity contribution in [2.75, 3.05) is 51.1 Å². The fourth-order valence-electron chi connectivity index (χ4n) is 3.54. The van der Waals surface area contributed by atoms with Crippen molar-refractivity contribution < 1.29 is 9.53 Å². The maximum absolute atomic E-state index is 12.4. The van der Waals surface area contributed by atoms with Crippen LogP contribution in [0.2, 0.25) is 0 Å². The minimum Gasteiger partial charge on any atom is -0.497 e. The van der Waals surface area contributed by atoms with Crippen LogP contribution < -0.4 is 20.3 Å². The molecule has 0 saturated carbocycles. The van der Waals surface area contributed by atoms with Gasteiger partial charge in [-0.3, -0.25) is 4.90 Å². The summed E-state index contributed by atoms with van der Waals surface area (Å²) < 4.78 is 5.15. The van der Waals surface area contributed by atoms with E-state index >= 15 is 0 Å². The van der Waals surface area contributed by atoms with Gasteiger partial charge in [0, 0.05) is 32.0 Å². The number of methoxy groups -OCH3 is 1. The standard InChI is InChI=1S/C22H30N4O2/c1-25(2)19-10-6-17(7-11-19)21(26-14-4-5-15-26)16-23-22(27)24-18-8-12-20(28-3)13-9-18/h6-13,21H,4-5,14-16H2,1-3H3,(H2,23,24,27). The SMILES string of the molecule is COc1ccc(NC(=O)NCC(c2ccc(N(C)C)cc2)N2CCCC2)cc1. The van der Waals surface area contributed by atoms with Gasteiger partial charge in [-0.25, -0.2) is 4.79 Å². The van der Waals surface area contributed by atoms with Crippen LogP contribution in [0.25, 0.3) is 0 Å². The Labute approximate surface area is 167 Å². The summed E-state index contributed by atoms with van der Waals surface area (Å²) in [4.78, 5) is 16.9. The second-order valence-corrected chi connectivity index (χ2v) is 7.31. The van der Waals surface area contributed by atoms with Crippen molar-refractivity contribution in [1.29, 1.82) is 0 Å². The topological polar surface area (TPSA) is 56.8 Å². The predicted molar refractivity (Wildman–Crippen MR) is 114 cm³/mol. The van der Waals surface area contributed by atoms with Crippen molar-refractivity contribution in [2.45, 2.75) is 18.9 Å². The number of benzene rings is 2. The molecule has 2 N–H and O–H groups in total. The molecule has 0 radical (unpaired) electrons. The molecule has 150 valence electrons. The molecule has 3 rings (SSSR count). The third kappa shape index (κ3) is 5.16. The van der Waals surface area contributed by atoms with Gasteiger partial charge in [-0.05, 0) is 67.9 Å². The van der Waals surface area contributed by atoms with E-state index in [2.05, 4.69) is 44.7 Å². The van der Waals surface area contributed by atoms with E-state index in [1.807, 2.05) is 38.4 Å². The highest BCUT2D eigenvalue weighted by Crippen LogP contribution is 2.26. The van der Waals surface area contributed by atoms with E-state index in [0.29, 0.717) is 6.54 Å². The van der Waals surface area contributed by atoms with Crippen LogP contribution in [0.1, 0.15) is 24.4 Å². The second-order valence-electron chi connectivity index (χ2n) is 7.31. The lowest BCUT2D eigenvalue weighted by Gasteiger charge is -2.28. The summed E-state index contributed by atoms with van der Waals surface area (Å²) >= 11 is 0. The lowest BCUT2D eigenvalue weighted by atomic mass is 10.0. The van der Waals surface area contributed by atoms with Crippen LogP contribution in [-0.2, 0) is 0 Å². The molecule has 2 aromatic carbocycles. The fourth-order valence-corrected chi connectivity index (χ4v) is 3.54. The van der Waals surface area contributed by atoms with Crippen LogP contribution in [0.15, 0.2) is 48.5 Å². The Bertz CT molecular complexity index is 753. The van der Waals surface area contributed by atoms with Gasteiger partial charge in [0.25, 0.3) is 0 Å². The van der Waals surface area contributed by atoms with Crippen LogP contribution >= 0.6 is 0 Å². The van der Waals surface area contributed by atoms with Crippen molar-refractivity contribution in [3.05, 3.63) is 54.1 Å². The van der Waals surface area contributed by atoms with Gasteiger partial charge in [-0.1, -0.05) is 12.1 Å². The number of anilines is 2. The zero-order chi connectivity index (χ0) is 19.9. The van der Waals surface area contributed by atoms with Gasteiger partial charge in [-0.2, -0.15) is 0 Å². The molecule has 1 aliphatic heterocycles. The Hall–Kier alpha value is -2.73. The molecule has 0 aliphatic carbocycles. The smallest absolute Gasteiger partial charge is 0.319 e. The van der Waals surface area contributed by atoms with E-state index in [-0.39, 0.29) is 12.1 Å². The number of nitrogens with one attached hydrogen (secondary N) is 2. The molecular formula is C22H30N4O2. The first-order chi connectivity index (χ1) is 13.6. The molecule has 1 aliphatic rings. The maximum atomic E-state index is 12.4. The molecule has 1 heterocycles. The summed E-state index contributed by atoms with van der Waals surface area (Å²) in [6.07, 6.45) is 2.43. The molecule has 0 aromatic heterocycles. The summed E-state index contributed by atoms with van der Waals surface area (Å²) in [7, 11) is 5.70. The lowest BCUT2D eigenvalue weighted by Crippen LogP contribution is -2.38. The van der Waals surface area contributed by atoms with Crippen LogP contribution in [-0.4, -0.2) is 51.8 Å². The van der Waals surface area contributed by atoms with Gasteiger partial charge in [0.1, 0.15) is 5.75 Å². The van der Waals surface area contributed by atoms with E-state index in [0.717, 1.165) is 24.5 Å².